The van der Waals surface area contributed by atoms with Gasteiger partial charge in [-0.25, -0.2) is 0 Å². The molecule has 122 valence electrons. The molecule has 1 fully saturated rings. The molecule has 0 spiro atoms. The van der Waals surface area contributed by atoms with Crippen LogP contribution in [-0.4, -0.2) is 18.2 Å². The number of unbranched alkanes of at least 4 members (excludes halogenated alkanes) is 7. The fourth-order valence-corrected chi connectivity index (χ4v) is 2.84. The van der Waals surface area contributed by atoms with Crippen molar-refractivity contribution in [3.05, 3.63) is 0 Å². The van der Waals surface area contributed by atoms with Gasteiger partial charge in [-0.2, -0.15) is 0 Å². The minimum atomic E-state index is -0.0485. The van der Waals surface area contributed by atoms with E-state index in [2.05, 4.69) is 20.8 Å². The van der Waals surface area contributed by atoms with Crippen LogP contribution in [0, 0.1) is 5.92 Å². The smallest absolute Gasteiger partial charge is 0.0813 e. The van der Waals surface area contributed by atoms with Crippen molar-refractivity contribution in [3.8, 4) is 0 Å². The standard InChI is InChI=1S/C17H35NO.ClH/c1-4-5-6-7-8-9-10-11-12-15(17(2,3)18)13-16-14-19-16;/h15-16H,4-14,18H2,1-3H3;1H. The summed E-state index contributed by atoms with van der Waals surface area (Å²) < 4.78 is 5.36. The van der Waals surface area contributed by atoms with Crippen LogP contribution < -0.4 is 5.73 Å². The van der Waals surface area contributed by atoms with E-state index in [1.54, 1.807) is 0 Å². The van der Waals surface area contributed by atoms with Crippen LogP contribution in [0.3, 0.4) is 0 Å². The van der Waals surface area contributed by atoms with Crippen LogP contribution in [0.25, 0.3) is 0 Å². The lowest BCUT2D eigenvalue weighted by Gasteiger charge is -2.30. The second kappa shape index (κ2) is 10.9. The second-order valence-corrected chi connectivity index (χ2v) is 6.97. The van der Waals surface area contributed by atoms with Crippen molar-refractivity contribution in [2.24, 2.45) is 11.7 Å². The molecule has 0 amide bonds. The minimum Gasteiger partial charge on any atom is -0.373 e. The Morgan fingerprint density at radius 1 is 1.05 bits per heavy atom. The Morgan fingerprint density at radius 3 is 2.00 bits per heavy atom. The highest BCUT2D eigenvalue weighted by molar-refractivity contribution is 5.85. The lowest BCUT2D eigenvalue weighted by molar-refractivity contribution is 0.245. The third kappa shape index (κ3) is 10.0. The van der Waals surface area contributed by atoms with Crippen LogP contribution in [0.15, 0.2) is 0 Å². The lowest BCUT2D eigenvalue weighted by Crippen LogP contribution is -2.41. The summed E-state index contributed by atoms with van der Waals surface area (Å²) in [7, 11) is 0. The predicted molar refractivity (Wildman–Crippen MR) is 90.6 cm³/mol. The van der Waals surface area contributed by atoms with Crippen LogP contribution in [0.1, 0.15) is 85.0 Å². The van der Waals surface area contributed by atoms with Gasteiger partial charge in [-0.1, -0.05) is 58.3 Å². The molecule has 0 aromatic carbocycles. The molecule has 1 saturated heterocycles. The van der Waals surface area contributed by atoms with Gasteiger partial charge in [0.2, 0.25) is 0 Å². The number of halogens is 1. The van der Waals surface area contributed by atoms with Crippen LogP contribution >= 0.6 is 12.4 Å². The molecule has 0 saturated carbocycles. The molecule has 1 aliphatic rings. The number of epoxide rings is 1. The zero-order valence-corrected chi connectivity index (χ0v) is 14.6. The Hall–Kier alpha value is 0.210. The van der Waals surface area contributed by atoms with Crippen LogP contribution in [-0.2, 0) is 4.74 Å². The zero-order chi connectivity index (χ0) is 14.1. The molecule has 2 N–H and O–H groups in total. The Balaban J connectivity index is 0.00000361. The molecule has 20 heavy (non-hydrogen) atoms. The van der Waals surface area contributed by atoms with Crippen molar-refractivity contribution in [1.82, 2.24) is 0 Å². The van der Waals surface area contributed by atoms with Gasteiger partial charge in [0.25, 0.3) is 0 Å². The molecule has 0 aromatic rings. The number of rotatable bonds is 12. The average Bonchev–Trinajstić information content (AvgIpc) is 3.13. The van der Waals surface area contributed by atoms with E-state index in [4.69, 9.17) is 10.5 Å². The molecular weight excluding hydrogens is 270 g/mol. The van der Waals surface area contributed by atoms with Gasteiger partial charge in [0.15, 0.2) is 0 Å². The van der Waals surface area contributed by atoms with E-state index >= 15 is 0 Å². The SMILES string of the molecule is CCCCCCCCCCC(CC1CO1)C(C)(C)N.Cl. The molecule has 0 aliphatic carbocycles. The van der Waals surface area contributed by atoms with E-state index in [0.717, 1.165) is 6.61 Å². The molecule has 2 nitrogen and oxygen atoms in total. The Morgan fingerprint density at radius 2 is 1.55 bits per heavy atom. The fourth-order valence-electron chi connectivity index (χ4n) is 2.84. The first-order valence-electron chi connectivity index (χ1n) is 8.44. The molecule has 1 rings (SSSR count). The summed E-state index contributed by atoms with van der Waals surface area (Å²) in [5, 5.41) is 0. The molecule has 1 heterocycles. The lowest BCUT2D eigenvalue weighted by atomic mass is 9.81. The van der Waals surface area contributed by atoms with Crippen molar-refractivity contribution in [1.29, 1.82) is 0 Å². The Labute approximate surface area is 132 Å². The quantitative estimate of drug-likeness (QED) is 0.403. The number of hydrogen-bond donors (Lipinski definition) is 1. The first kappa shape index (κ1) is 20.2. The van der Waals surface area contributed by atoms with Gasteiger partial charge in [-0.05, 0) is 32.6 Å². The molecule has 0 bridgehead atoms. The summed E-state index contributed by atoms with van der Waals surface area (Å²) >= 11 is 0. The highest BCUT2D eigenvalue weighted by atomic mass is 35.5. The van der Waals surface area contributed by atoms with Gasteiger partial charge in [0.05, 0.1) is 12.7 Å². The molecule has 2 atom stereocenters. The third-order valence-electron chi connectivity index (χ3n) is 4.41. The zero-order valence-electron chi connectivity index (χ0n) is 13.8. The van der Waals surface area contributed by atoms with Gasteiger partial charge in [-0.3, -0.25) is 0 Å². The molecule has 0 aromatic heterocycles. The van der Waals surface area contributed by atoms with Crippen molar-refractivity contribution in [3.63, 3.8) is 0 Å². The van der Waals surface area contributed by atoms with Crippen molar-refractivity contribution in [2.75, 3.05) is 6.61 Å². The molecule has 3 heteroatoms. The summed E-state index contributed by atoms with van der Waals surface area (Å²) in [4.78, 5) is 0. The van der Waals surface area contributed by atoms with Gasteiger partial charge in [0, 0.05) is 5.54 Å². The summed E-state index contributed by atoms with van der Waals surface area (Å²) in [5.74, 6) is 0.625. The van der Waals surface area contributed by atoms with Crippen molar-refractivity contribution >= 4 is 12.4 Å². The average molecular weight is 306 g/mol. The third-order valence-corrected chi connectivity index (χ3v) is 4.41. The maximum atomic E-state index is 6.30. The van der Waals surface area contributed by atoms with E-state index in [1.807, 2.05) is 0 Å². The first-order valence-corrected chi connectivity index (χ1v) is 8.44. The maximum Gasteiger partial charge on any atom is 0.0813 e. The predicted octanol–water partition coefficient (Wildman–Crippen LogP) is 5.08. The highest BCUT2D eigenvalue weighted by Crippen LogP contribution is 2.30. The van der Waals surface area contributed by atoms with Gasteiger partial charge >= 0.3 is 0 Å². The normalized spacial score (nSPS) is 19.5. The topological polar surface area (TPSA) is 38.5 Å². The first-order chi connectivity index (χ1) is 9.04. The second-order valence-electron chi connectivity index (χ2n) is 6.97. The largest absolute Gasteiger partial charge is 0.373 e. The number of hydrogen-bond acceptors (Lipinski definition) is 2. The summed E-state index contributed by atoms with van der Waals surface area (Å²) in [6.07, 6.45) is 14.1. The van der Waals surface area contributed by atoms with E-state index < -0.39 is 0 Å². The monoisotopic (exact) mass is 305 g/mol. The van der Waals surface area contributed by atoms with Crippen molar-refractivity contribution < 1.29 is 4.74 Å². The van der Waals surface area contributed by atoms with E-state index in [9.17, 15) is 0 Å². The Bertz CT molecular complexity index is 224. The van der Waals surface area contributed by atoms with Gasteiger partial charge < -0.3 is 10.5 Å². The molecular formula is C17H36ClNO. The highest BCUT2D eigenvalue weighted by Gasteiger charge is 2.32. The van der Waals surface area contributed by atoms with Crippen LogP contribution in [0.2, 0.25) is 0 Å². The summed E-state index contributed by atoms with van der Waals surface area (Å²) in [6.45, 7) is 7.58. The number of ether oxygens (including phenoxy) is 1. The van der Waals surface area contributed by atoms with E-state index in [1.165, 1.54) is 64.2 Å². The molecule has 1 aliphatic heterocycles. The fraction of sp³-hybridized carbons (Fsp3) is 1.00. The Kier molecular flexibility index (Phi) is 11.0. The van der Waals surface area contributed by atoms with Gasteiger partial charge in [0.1, 0.15) is 0 Å². The van der Waals surface area contributed by atoms with Crippen LogP contribution in [0.5, 0.6) is 0 Å². The van der Waals surface area contributed by atoms with E-state index in [-0.39, 0.29) is 17.9 Å². The summed E-state index contributed by atoms with van der Waals surface area (Å²) in [6, 6.07) is 0. The summed E-state index contributed by atoms with van der Waals surface area (Å²) in [5.41, 5.74) is 6.25. The molecule has 2 unspecified atom stereocenters. The van der Waals surface area contributed by atoms with Gasteiger partial charge in [-0.15, -0.1) is 12.4 Å². The minimum absolute atomic E-state index is 0. The number of nitrogens with two attached hydrogens (primary N) is 1. The van der Waals surface area contributed by atoms with Crippen molar-refractivity contribution in [2.45, 2.75) is 96.6 Å². The van der Waals surface area contributed by atoms with Crippen LogP contribution in [0.4, 0.5) is 0 Å². The maximum absolute atomic E-state index is 6.30. The van der Waals surface area contributed by atoms with E-state index in [0.29, 0.717) is 12.0 Å². The molecule has 0 radical (unpaired) electrons.